The van der Waals surface area contributed by atoms with Gasteiger partial charge in [-0.15, -0.1) is 11.3 Å². The van der Waals surface area contributed by atoms with Gasteiger partial charge >= 0.3 is 5.97 Å². The van der Waals surface area contributed by atoms with Gasteiger partial charge in [0.25, 0.3) is 0 Å². The monoisotopic (exact) mass is 358 g/mol. The predicted octanol–water partition coefficient (Wildman–Crippen LogP) is 2.92. The van der Waals surface area contributed by atoms with Crippen LogP contribution in [0.4, 0.5) is 10.3 Å². The molecule has 0 aliphatic rings. The van der Waals surface area contributed by atoms with E-state index >= 15 is 0 Å². The molecule has 0 aliphatic carbocycles. The summed E-state index contributed by atoms with van der Waals surface area (Å²) in [4.78, 5) is 26.1. The standard InChI is InChI=1S/C17H15FN4O2S/c1-22(17-19-7-2-8-20-17)9-15(23)24-10-14-11-25-16(21-14)12-3-5-13(18)6-4-12/h2-8,11H,9-10H2,1H3. The van der Waals surface area contributed by atoms with Crippen LogP contribution in [0.15, 0.2) is 48.1 Å². The summed E-state index contributed by atoms with van der Waals surface area (Å²) < 4.78 is 18.2. The van der Waals surface area contributed by atoms with Crippen molar-refractivity contribution in [1.82, 2.24) is 15.0 Å². The van der Waals surface area contributed by atoms with Crippen molar-refractivity contribution in [3.63, 3.8) is 0 Å². The van der Waals surface area contributed by atoms with Gasteiger partial charge in [-0.25, -0.2) is 19.3 Å². The summed E-state index contributed by atoms with van der Waals surface area (Å²) in [5.74, 6) is -0.237. The minimum Gasteiger partial charge on any atom is -0.458 e. The number of carbonyl (C=O) groups excluding carboxylic acids is 1. The van der Waals surface area contributed by atoms with E-state index in [1.54, 1.807) is 42.5 Å². The lowest BCUT2D eigenvalue weighted by molar-refractivity contribution is -0.143. The van der Waals surface area contributed by atoms with E-state index in [0.29, 0.717) is 11.6 Å². The molecule has 3 rings (SSSR count). The van der Waals surface area contributed by atoms with Crippen molar-refractivity contribution >= 4 is 23.3 Å². The molecule has 0 bridgehead atoms. The van der Waals surface area contributed by atoms with Gasteiger partial charge in [-0.2, -0.15) is 0 Å². The van der Waals surface area contributed by atoms with E-state index in [9.17, 15) is 9.18 Å². The van der Waals surface area contributed by atoms with Crippen molar-refractivity contribution in [3.05, 3.63) is 59.6 Å². The van der Waals surface area contributed by atoms with Crippen LogP contribution in [0.5, 0.6) is 0 Å². The first-order valence-electron chi connectivity index (χ1n) is 7.46. The number of hydrogen-bond donors (Lipinski definition) is 0. The normalized spacial score (nSPS) is 10.5. The summed E-state index contributed by atoms with van der Waals surface area (Å²) >= 11 is 1.42. The highest BCUT2D eigenvalue weighted by Crippen LogP contribution is 2.24. The Labute approximate surface area is 148 Å². The number of carbonyl (C=O) groups is 1. The average molecular weight is 358 g/mol. The molecule has 0 radical (unpaired) electrons. The SMILES string of the molecule is CN(CC(=O)OCc1csc(-c2ccc(F)cc2)n1)c1ncccn1. The van der Waals surface area contributed by atoms with Gasteiger partial charge in [-0.05, 0) is 30.3 Å². The fraction of sp³-hybridized carbons (Fsp3) is 0.176. The van der Waals surface area contributed by atoms with Crippen molar-refractivity contribution in [2.75, 3.05) is 18.5 Å². The number of esters is 1. The summed E-state index contributed by atoms with van der Waals surface area (Å²) in [6, 6.07) is 7.81. The van der Waals surface area contributed by atoms with E-state index in [0.717, 1.165) is 10.6 Å². The maximum absolute atomic E-state index is 13.0. The Bertz CT molecular complexity index is 839. The zero-order chi connectivity index (χ0) is 17.6. The lowest BCUT2D eigenvalue weighted by Gasteiger charge is -2.15. The molecule has 6 nitrogen and oxygen atoms in total. The number of rotatable bonds is 6. The van der Waals surface area contributed by atoms with Gasteiger partial charge in [0.2, 0.25) is 5.95 Å². The van der Waals surface area contributed by atoms with Crippen LogP contribution in [0.1, 0.15) is 5.69 Å². The van der Waals surface area contributed by atoms with Crippen LogP contribution < -0.4 is 4.90 Å². The Kier molecular flexibility index (Phi) is 5.30. The topological polar surface area (TPSA) is 68.2 Å². The van der Waals surface area contributed by atoms with Gasteiger partial charge in [-0.3, -0.25) is 4.79 Å². The van der Waals surface area contributed by atoms with Crippen LogP contribution in [-0.4, -0.2) is 34.5 Å². The molecular formula is C17H15FN4O2S. The van der Waals surface area contributed by atoms with Crippen molar-refractivity contribution in [2.24, 2.45) is 0 Å². The van der Waals surface area contributed by atoms with E-state index in [-0.39, 0.29) is 19.0 Å². The van der Waals surface area contributed by atoms with Crippen LogP contribution in [0.3, 0.4) is 0 Å². The minimum atomic E-state index is -0.397. The van der Waals surface area contributed by atoms with E-state index < -0.39 is 5.97 Å². The van der Waals surface area contributed by atoms with Crippen molar-refractivity contribution in [3.8, 4) is 10.6 Å². The van der Waals surface area contributed by atoms with Gasteiger partial charge < -0.3 is 9.64 Å². The average Bonchev–Trinajstić information content (AvgIpc) is 3.10. The lowest BCUT2D eigenvalue weighted by atomic mass is 10.2. The number of benzene rings is 1. The third-order valence-corrected chi connectivity index (χ3v) is 4.22. The number of thiazole rings is 1. The van der Waals surface area contributed by atoms with Gasteiger partial charge in [0.05, 0.1) is 5.69 Å². The number of ether oxygens (including phenoxy) is 1. The first-order valence-corrected chi connectivity index (χ1v) is 8.34. The molecule has 128 valence electrons. The molecule has 2 aromatic heterocycles. The van der Waals surface area contributed by atoms with Crippen molar-refractivity contribution in [2.45, 2.75) is 6.61 Å². The van der Waals surface area contributed by atoms with Crippen LogP contribution in [-0.2, 0) is 16.1 Å². The second-order valence-electron chi connectivity index (χ2n) is 5.22. The van der Waals surface area contributed by atoms with Gasteiger partial charge in [-0.1, -0.05) is 0 Å². The number of aromatic nitrogens is 3. The van der Waals surface area contributed by atoms with E-state index in [2.05, 4.69) is 15.0 Å². The zero-order valence-corrected chi connectivity index (χ0v) is 14.2. The third kappa shape index (κ3) is 4.57. The molecule has 0 saturated heterocycles. The van der Waals surface area contributed by atoms with Crippen LogP contribution >= 0.6 is 11.3 Å². The Hall–Kier alpha value is -2.87. The van der Waals surface area contributed by atoms with Crippen molar-refractivity contribution in [1.29, 1.82) is 0 Å². The molecular weight excluding hydrogens is 343 g/mol. The van der Waals surface area contributed by atoms with Gasteiger partial charge in [0.15, 0.2) is 0 Å². The van der Waals surface area contributed by atoms with Crippen LogP contribution in [0, 0.1) is 5.82 Å². The predicted molar refractivity (Wildman–Crippen MR) is 92.6 cm³/mol. The lowest BCUT2D eigenvalue weighted by Crippen LogP contribution is -2.28. The molecule has 8 heteroatoms. The summed E-state index contributed by atoms with van der Waals surface area (Å²) in [6.07, 6.45) is 3.22. The van der Waals surface area contributed by atoms with Crippen molar-refractivity contribution < 1.29 is 13.9 Å². The summed E-state index contributed by atoms with van der Waals surface area (Å²) in [6.45, 7) is 0.124. The number of likely N-dealkylation sites (N-methyl/N-ethyl adjacent to an activating group) is 1. The first kappa shape index (κ1) is 17.0. The minimum absolute atomic E-state index is 0.0406. The molecule has 0 fully saturated rings. The van der Waals surface area contributed by atoms with Gasteiger partial charge in [0.1, 0.15) is 24.0 Å². The number of hydrogen-bond acceptors (Lipinski definition) is 7. The van der Waals surface area contributed by atoms with Gasteiger partial charge in [0, 0.05) is 30.4 Å². The molecule has 3 aromatic rings. The maximum atomic E-state index is 13.0. The largest absolute Gasteiger partial charge is 0.458 e. The quantitative estimate of drug-likeness (QED) is 0.631. The molecule has 1 aromatic carbocycles. The summed E-state index contributed by atoms with van der Waals surface area (Å²) in [7, 11) is 1.71. The van der Waals surface area contributed by atoms with E-state index in [1.165, 1.54) is 23.5 Å². The highest BCUT2D eigenvalue weighted by Gasteiger charge is 2.12. The highest BCUT2D eigenvalue weighted by atomic mass is 32.1. The fourth-order valence-electron chi connectivity index (χ4n) is 2.05. The Morgan fingerprint density at radius 2 is 1.96 bits per heavy atom. The highest BCUT2D eigenvalue weighted by molar-refractivity contribution is 7.13. The third-order valence-electron chi connectivity index (χ3n) is 3.28. The molecule has 0 amide bonds. The number of nitrogens with zero attached hydrogens (tertiary/aromatic N) is 4. The summed E-state index contributed by atoms with van der Waals surface area (Å²) in [5.41, 5.74) is 1.47. The Morgan fingerprint density at radius 3 is 2.68 bits per heavy atom. The molecule has 0 atom stereocenters. The molecule has 25 heavy (non-hydrogen) atoms. The fourth-order valence-corrected chi connectivity index (χ4v) is 2.86. The van der Waals surface area contributed by atoms with E-state index in [1.807, 2.05) is 5.38 Å². The molecule has 2 heterocycles. The number of anilines is 1. The summed E-state index contributed by atoms with van der Waals surface area (Å²) in [5, 5.41) is 2.57. The number of halogens is 1. The second-order valence-corrected chi connectivity index (χ2v) is 6.07. The second kappa shape index (κ2) is 7.80. The molecule has 0 unspecified atom stereocenters. The molecule has 0 saturated carbocycles. The van der Waals surface area contributed by atoms with Crippen LogP contribution in [0.25, 0.3) is 10.6 Å². The van der Waals surface area contributed by atoms with Crippen LogP contribution in [0.2, 0.25) is 0 Å². The van der Waals surface area contributed by atoms with E-state index in [4.69, 9.17) is 4.74 Å². The maximum Gasteiger partial charge on any atom is 0.326 e. The first-order chi connectivity index (χ1) is 12.1. The molecule has 0 spiro atoms. The zero-order valence-electron chi connectivity index (χ0n) is 13.4. The smallest absolute Gasteiger partial charge is 0.326 e. The molecule has 0 aliphatic heterocycles. The molecule has 0 N–H and O–H groups in total. The Balaban J connectivity index is 1.53. The Morgan fingerprint density at radius 1 is 1.24 bits per heavy atom.